The number of carbonyl (C=O) groups is 3. The number of carboxylic acids is 2. The Morgan fingerprint density at radius 3 is 2.00 bits per heavy atom. The molecule has 6 nitrogen and oxygen atoms in total. The summed E-state index contributed by atoms with van der Waals surface area (Å²) >= 11 is 0. The van der Waals surface area contributed by atoms with Gasteiger partial charge in [0.15, 0.2) is 12.4 Å². The van der Waals surface area contributed by atoms with E-state index >= 15 is 0 Å². The minimum Gasteiger partial charge on any atom is -0.482 e. The molecule has 2 rings (SSSR count). The minimum atomic E-state index is -1.06. The van der Waals surface area contributed by atoms with Crippen LogP contribution >= 0.6 is 0 Å². The summed E-state index contributed by atoms with van der Waals surface area (Å²) in [5.41, 5.74) is 1.25. The quantitative estimate of drug-likeness (QED) is 0.599. The van der Waals surface area contributed by atoms with E-state index in [0.717, 1.165) is 5.56 Å². The van der Waals surface area contributed by atoms with E-state index in [-0.39, 0.29) is 11.3 Å². The number of ketones is 1. The summed E-state index contributed by atoms with van der Waals surface area (Å²) in [7, 11) is 0. The van der Waals surface area contributed by atoms with Crippen LogP contribution in [0.3, 0.4) is 0 Å². The predicted molar refractivity (Wildman–Crippen MR) is 86.3 cm³/mol. The molecule has 2 aromatic carbocycles. The second kappa shape index (κ2) is 7.73. The van der Waals surface area contributed by atoms with Crippen molar-refractivity contribution in [3.05, 3.63) is 71.3 Å². The highest BCUT2D eigenvalue weighted by Gasteiger charge is 2.05. The van der Waals surface area contributed by atoms with Crippen LogP contribution in [-0.2, 0) is 4.79 Å². The van der Waals surface area contributed by atoms with E-state index in [4.69, 9.17) is 14.9 Å². The molecule has 0 heterocycles. The maximum absolute atomic E-state index is 12.0. The molecule has 0 atom stereocenters. The van der Waals surface area contributed by atoms with Crippen LogP contribution in [0.2, 0.25) is 0 Å². The highest BCUT2D eigenvalue weighted by Crippen LogP contribution is 2.14. The molecule has 0 aliphatic carbocycles. The summed E-state index contributed by atoms with van der Waals surface area (Å²) in [6.45, 7) is -0.417. The maximum Gasteiger partial charge on any atom is 0.341 e. The van der Waals surface area contributed by atoms with Crippen LogP contribution in [0.5, 0.6) is 5.75 Å². The van der Waals surface area contributed by atoms with E-state index in [1.165, 1.54) is 30.3 Å². The molecule has 0 saturated carbocycles. The molecule has 2 N–H and O–H groups in total. The smallest absolute Gasteiger partial charge is 0.341 e. The predicted octanol–water partition coefficient (Wildman–Crippen LogP) is 2.74. The third-order valence-corrected chi connectivity index (χ3v) is 3.09. The lowest BCUT2D eigenvalue weighted by molar-refractivity contribution is -0.139. The summed E-state index contributed by atoms with van der Waals surface area (Å²) < 4.78 is 5.01. The monoisotopic (exact) mass is 326 g/mol. The molecule has 0 saturated heterocycles. The number of rotatable bonds is 7. The van der Waals surface area contributed by atoms with E-state index in [9.17, 15) is 14.4 Å². The van der Waals surface area contributed by atoms with E-state index < -0.39 is 18.5 Å². The van der Waals surface area contributed by atoms with Crippen LogP contribution in [0.4, 0.5) is 0 Å². The van der Waals surface area contributed by atoms with Gasteiger partial charge in [-0.2, -0.15) is 0 Å². The van der Waals surface area contributed by atoms with E-state index in [0.29, 0.717) is 11.3 Å². The van der Waals surface area contributed by atoms with Crippen molar-refractivity contribution in [2.45, 2.75) is 0 Å². The highest BCUT2D eigenvalue weighted by molar-refractivity contribution is 6.07. The van der Waals surface area contributed by atoms with Gasteiger partial charge in [-0.15, -0.1) is 0 Å². The zero-order valence-corrected chi connectivity index (χ0v) is 12.5. The Kier molecular flexibility index (Phi) is 5.46. The third kappa shape index (κ3) is 4.81. The first-order chi connectivity index (χ1) is 11.5. The van der Waals surface area contributed by atoms with Crippen molar-refractivity contribution in [1.82, 2.24) is 0 Å². The van der Waals surface area contributed by atoms with Gasteiger partial charge < -0.3 is 14.9 Å². The van der Waals surface area contributed by atoms with Gasteiger partial charge in [-0.3, -0.25) is 4.79 Å². The Balaban J connectivity index is 2.00. The van der Waals surface area contributed by atoms with Crippen molar-refractivity contribution >= 4 is 23.8 Å². The van der Waals surface area contributed by atoms with Gasteiger partial charge in [-0.25, -0.2) is 9.59 Å². The van der Waals surface area contributed by atoms with Crippen molar-refractivity contribution in [3.63, 3.8) is 0 Å². The zero-order valence-electron chi connectivity index (χ0n) is 12.5. The molecular weight excluding hydrogens is 312 g/mol. The second-order valence-electron chi connectivity index (χ2n) is 4.83. The van der Waals surface area contributed by atoms with Gasteiger partial charge in [0.2, 0.25) is 0 Å². The fraction of sp³-hybridized carbons (Fsp3) is 0.0556. The van der Waals surface area contributed by atoms with Gasteiger partial charge in [-0.1, -0.05) is 30.3 Å². The molecule has 0 aliphatic heterocycles. The van der Waals surface area contributed by atoms with Gasteiger partial charge in [-0.05, 0) is 35.9 Å². The standard InChI is InChI=1S/C18H14O6/c19-16(13-4-6-14(7-5-13)18(22)23)10-3-12-1-8-15(9-2-12)24-11-17(20)21/h1-10H,11H2,(H,20,21)(H,22,23). The van der Waals surface area contributed by atoms with Crippen LogP contribution in [0.1, 0.15) is 26.3 Å². The molecular formula is C18H14O6. The third-order valence-electron chi connectivity index (χ3n) is 3.09. The number of aromatic carboxylic acids is 1. The summed E-state index contributed by atoms with van der Waals surface area (Å²) in [6.07, 6.45) is 2.98. The first kappa shape index (κ1) is 17.0. The molecule has 0 aromatic heterocycles. The molecule has 0 bridgehead atoms. The van der Waals surface area contributed by atoms with Crippen molar-refractivity contribution in [1.29, 1.82) is 0 Å². The lowest BCUT2D eigenvalue weighted by Crippen LogP contribution is -2.09. The molecule has 0 fully saturated rings. The van der Waals surface area contributed by atoms with Crippen LogP contribution in [-0.4, -0.2) is 34.5 Å². The average molecular weight is 326 g/mol. The number of hydrogen-bond donors (Lipinski definition) is 2. The summed E-state index contributed by atoms with van der Waals surface area (Å²) in [4.78, 5) is 33.2. The molecule has 2 aromatic rings. The second-order valence-corrected chi connectivity index (χ2v) is 4.83. The van der Waals surface area contributed by atoms with Gasteiger partial charge in [0.05, 0.1) is 5.56 Å². The number of hydrogen-bond acceptors (Lipinski definition) is 4. The van der Waals surface area contributed by atoms with Crippen LogP contribution < -0.4 is 4.74 Å². The fourth-order valence-electron chi connectivity index (χ4n) is 1.87. The van der Waals surface area contributed by atoms with Gasteiger partial charge in [0.25, 0.3) is 0 Å². The molecule has 0 spiro atoms. The van der Waals surface area contributed by atoms with Gasteiger partial charge in [0.1, 0.15) is 5.75 Å². The summed E-state index contributed by atoms with van der Waals surface area (Å²) in [5, 5.41) is 17.3. The molecule has 122 valence electrons. The van der Waals surface area contributed by atoms with Crippen molar-refractivity contribution in [2.75, 3.05) is 6.61 Å². The first-order valence-electron chi connectivity index (χ1n) is 6.96. The van der Waals surface area contributed by atoms with Crippen LogP contribution in [0, 0.1) is 0 Å². The minimum absolute atomic E-state index is 0.118. The number of benzene rings is 2. The number of carbonyl (C=O) groups excluding carboxylic acids is 1. The van der Waals surface area contributed by atoms with Crippen LogP contribution in [0.25, 0.3) is 6.08 Å². The van der Waals surface area contributed by atoms with Crippen molar-refractivity contribution in [3.8, 4) is 5.75 Å². The van der Waals surface area contributed by atoms with E-state index in [2.05, 4.69) is 0 Å². The Bertz CT molecular complexity index is 772. The summed E-state index contributed by atoms with van der Waals surface area (Å²) in [6, 6.07) is 12.3. The molecule has 0 radical (unpaired) electrons. The normalized spacial score (nSPS) is 10.5. The molecule has 6 heteroatoms. The molecule has 0 amide bonds. The average Bonchev–Trinajstić information content (AvgIpc) is 2.58. The van der Waals surface area contributed by atoms with Gasteiger partial charge in [0, 0.05) is 5.56 Å². The van der Waals surface area contributed by atoms with Crippen LogP contribution in [0.15, 0.2) is 54.6 Å². The molecule has 0 unspecified atom stereocenters. The largest absolute Gasteiger partial charge is 0.482 e. The lowest BCUT2D eigenvalue weighted by Gasteiger charge is -2.02. The van der Waals surface area contributed by atoms with Crippen molar-refractivity contribution in [2.24, 2.45) is 0 Å². The molecule has 0 aliphatic rings. The fourth-order valence-corrected chi connectivity index (χ4v) is 1.87. The molecule has 24 heavy (non-hydrogen) atoms. The Morgan fingerprint density at radius 2 is 1.46 bits per heavy atom. The zero-order chi connectivity index (χ0) is 17.5. The highest BCUT2D eigenvalue weighted by atomic mass is 16.5. The Labute approximate surface area is 137 Å². The van der Waals surface area contributed by atoms with E-state index in [1.54, 1.807) is 30.3 Å². The van der Waals surface area contributed by atoms with E-state index in [1.807, 2.05) is 0 Å². The van der Waals surface area contributed by atoms with Gasteiger partial charge >= 0.3 is 11.9 Å². The maximum atomic E-state index is 12.0. The topological polar surface area (TPSA) is 101 Å². The number of ether oxygens (including phenoxy) is 1. The Morgan fingerprint density at radius 1 is 0.875 bits per heavy atom. The summed E-state index contributed by atoms with van der Waals surface area (Å²) in [5.74, 6) is -1.93. The number of carboxylic acid groups (broad SMARTS) is 2. The van der Waals surface area contributed by atoms with Crippen molar-refractivity contribution < 1.29 is 29.3 Å². The SMILES string of the molecule is O=C(O)COc1ccc(C=CC(=O)c2ccc(C(=O)O)cc2)cc1. The number of aliphatic carboxylic acids is 1. The lowest BCUT2D eigenvalue weighted by atomic mass is 10.1. The first-order valence-corrected chi connectivity index (χ1v) is 6.96. The number of allylic oxidation sites excluding steroid dienone is 1. The Hall–Kier alpha value is -3.41.